The first-order valence-corrected chi connectivity index (χ1v) is 8.91. The van der Waals surface area contributed by atoms with Crippen LogP contribution in [0, 0.1) is 24.0 Å². The molecule has 132 valence electrons. The lowest BCUT2D eigenvalue weighted by atomic mass is 10.1. The summed E-state index contributed by atoms with van der Waals surface area (Å²) in [6, 6.07) is 12.8. The predicted molar refractivity (Wildman–Crippen MR) is 103 cm³/mol. The van der Waals surface area contributed by atoms with Gasteiger partial charge in [0.2, 0.25) is 5.82 Å². The van der Waals surface area contributed by atoms with Gasteiger partial charge in [0.1, 0.15) is 6.33 Å². The summed E-state index contributed by atoms with van der Waals surface area (Å²) in [7, 11) is 0. The first kappa shape index (κ1) is 18.2. The zero-order valence-corrected chi connectivity index (χ0v) is 15.6. The first-order valence-electron chi connectivity index (χ1n) is 7.71. The molecule has 0 aliphatic heterocycles. The van der Waals surface area contributed by atoms with E-state index in [0.717, 1.165) is 21.7 Å². The molecule has 0 radical (unpaired) electrons. The number of benzene rings is 2. The number of aromatic nitrogens is 2. The van der Waals surface area contributed by atoms with Crippen LogP contribution in [0.3, 0.4) is 0 Å². The Balaban J connectivity index is 1.99. The van der Waals surface area contributed by atoms with Gasteiger partial charge >= 0.3 is 5.69 Å². The van der Waals surface area contributed by atoms with Crippen LogP contribution in [-0.2, 0) is 0 Å². The van der Waals surface area contributed by atoms with Crippen LogP contribution >= 0.6 is 23.4 Å². The van der Waals surface area contributed by atoms with Crippen LogP contribution in [0.1, 0.15) is 11.1 Å². The van der Waals surface area contributed by atoms with Gasteiger partial charge in [-0.25, -0.2) is 9.97 Å². The van der Waals surface area contributed by atoms with Crippen LogP contribution in [-0.4, -0.2) is 14.9 Å². The van der Waals surface area contributed by atoms with Gasteiger partial charge in [0, 0.05) is 15.6 Å². The number of nitrogens with zero attached hydrogens (tertiary/aromatic N) is 3. The van der Waals surface area contributed by atoms with Crippen molar-refractivity contribution in [1.82, 2.24) is 9.97 Å². The lowest BCUT2D eigenvalue weighted by Gasteiger charge is -2.12. The van der Waals surface area contributed by atoms with Crippen molar-refractivity contribution in [2.45, 2.75) is 23.8 Å². The van der Waals surface area contributed by atoms with Gasteiger partial charge in [-0.05, 0) is 55.3 Å². The van der Waals surface area contributed by atoms with Crippen LogP contribution in [0.15, 0.2) is 58.7 Å². The van der Waals surface area contributed by atoms with E-state index in [1.165, 1.54) is 18.1 Å². The molecule has 0 fully saturated rings. The molecule has 0 saturated carbocycles. The highest BCUT2D eigenvalue weighted by Crippen LogP contribution is 2.38. The highest BCUT2D eigenvalue weighted by molar-refractivity contribution is 7.99. The van der Waals surface area contributed by atoms with Gasteiger partial charge in [-0.2, -0.15) is 0 Å². The fraction of sp³-hybridized carbons (Fsp3) is 0.111. The number of nitrogens with one attached hydrogen (secondary N) is 1. The number of hydrogen-bond donors (Lipinski definition) is 1. The van der Waals surface area contributed by atoms with Crippen molar-refractivity contribution in [2.24, 2.45) is 0 Å². The molecule has 0 amide bonds. The Bertz CT molecular complexity index is 964. The van der Waals surface area contributed by atoms with E-state index < -0.39 is 4.92 Å². The van der Waals surface area contributed by atoms with E-state index in [2.05, 4.69) is 15.3 Å². The van der Waals surface area contributed by atoms with E-state index in [4.69, 9.17) is 11.6 Å². The molecule has 2 aromatic carbocycles. The Hall–Kier alpha value is -2.64. The van der Waals surface area contributed by atoms with E-state index in [1.54, 1.807) is 24.3 Å². The van der Waals surface area contributed by atoms with Crippen LogP contribution in [0.4, 0.5) is 17.2 Å². The third kappa shape index (κ3) is 3.95. The van der Waals surface area contributed by atoms with Crippen molar-refractivity contribution in [2.75, 3.05) is 5.32 Å². The molecule has 0 bridgehead atoms. The Morgan fingerprint density at radius 2 is 1.85 bits per heavy atom. The second kappa shape index (κ2) is 7.72. The van der Waals surface area contributed by atoms with Gasteiger partial charge in [-0.3, -0.25) is 10.1 Å². The molecule has 1 heterocycles. The Kier molecular flexibility index (Phi) is 5.39. The second-order valence-electron chi connectivity index (χ2n) is 5.56. The van der Waals surface area contributed by atoms with E-state index in [1.807, 2.05) is 32.0 Å². The SMILES string of the molecule is Cc1cccc(Nc2ncnc(Sc3ccc(Cl)cc3)c2[N+](=O)[O-])c1C. The molecule has 3 rings (SSSR count). The maximum absolute atomic E-state index is 11.7. The van der Waals surface area contributed by atoms with Crippen molar-refractivity contribution in [1.29, 1.82) is 0 Å². The Labute approximate surface area is 159 Å². The zero-order valence-electron chi connectivity index (χ0n) is 14.1. The Morgan fingerprint density at radius 3 is 2.54 bits per heavy atom. The number of anilines is 2. The summed E-state index contributed by atoms with van der Waals surface area (Å²) in [5.74, 6) is 0.162. The first-order chi connectivity index (χ1) is 12.5. The van der Waals surface area contributed by atoms with Crippen LogP contribution in [0.2, 0.25) is 5.02 Å². The highest BCUT2D eigenvalue weighted by atomic mass is 35.5. The minimum absolute atomic E-state index is 0.159. The fourth-order valence-corrected chi connectivity index (χ4v) is 3.31. The van der Waals surface area contributed by atoms with Crippen molar-refractivity contribution >= 4 is 40.6 Å². The number of aryl methyl sites for hydroxylation is 1. The zero-order chi connectivity index (χ0) is 18.7. The maximum Gasteiger partial charge on any atom is 0.343 e. The molecule has 8 heteroatoms. The molecule has 26 heavy (non-hydrogen) atoms. The molecule has 0 aliphatic carbocycles. The smallest absolute Gasteiger partial charge is 0.334 e. The second-order valence-corrected chi connectivity index (χ2v) is 7.06. The summed E-state index contributed by atoms with van der Waals surface area (Å²) >= 11 is 7.08. The molecule has 0 aliphatic rings. The van der Waals surface area contributed by atoms with E-state index in [0.29, 0.717) is 5.02 Å². The van der Waals surface area contributed by atoms with Gasteiger partial charge in [0.15, 0.2) is 5.03 Å². The summed E-state index contributed by atoms with van der Waals surface area (Å²) in [4.78, 5) is 20.2. The quantitative estimate of drug-likeness (QED) is 0.351. The molecule has 1 aromatic heterocycles. The number of nitro groups is 1. The lowest BCUT2D eigenvalue weighted by molar-refractivity contribution is -0.387. The van der Waals surface area contributed by atoms with E-state index in [-0.39, 0.29) is 16.5 Å². The third-order valence-corrected chi connectivity index (χ3v) is 5.11. The average molecular weight is 387 g/mol. The standard InChI is InChI=1S/C18H15ClN4O2S/c1-11-4-3-5-15(12(11)2)22-17-16(23(24)25)18(21-10-20-17)26-14-8-6-13(19)7-9-14/h3-10H,1-2H3,(H,20,21,22). The minimum Gasteiger partial charge on any atom is -0.334 e. The average Bonchev–Trinajstić information content (AvgIpc) is 2.61. The summed E-state index contributed by atoms with van der Waals surface area (Å²) in [6.45, 7) is 3.94. The highest BCUT2D eigenvalue weighted by Gasteiger charge is 2.24. The molecule has 0 atom stereocenters. The number of rotatable bonds is 5. The summed E-state index contributed by atoms with van der Waals surface area (Å²) in [5.41, 5.74) is 2.71. The largest absolute Gasteiger partial charge is 0.343 e. The molecule has 3 aromatic rings. The Morgan fingerprint density at radius 1 is 1.12 bits per heavy atom. The van der Waals surface area contributed by atoms with Crippen LogP contribution < -0.4 is 5.32 Å². The van der Waals surface area contributed by atoms with Crippen LogP contribution in [0.5, 0.6) is 0 Å². The number of halogens is 1. The van der Waals surface area contributed by atoms with E-state index >= 15 is 0 Å². The number of hydrogen-bond acceptors (Lipinski definition) is 6. The minimum atomic E-state index is -0.467. The van der Waals surface area contributed by atoms with Gasteiger partial charge in [-0.15, -0.1) is 0 Å². The maximum atomic E-state index is 11.7. The van der Waals surface area contributed by atoms with E-state index in [9.17, 15) is 10.1 Å². The van der Waals surface area contributed by atoms with Crippen LogP contribution in [0.25, 0.3) is 0 Å². The summed E-state index contributed by atoms with van der Waals surface area (Å²) < 4.78 is 0. The molecule has 0 spiro atoms. The summed E-state index contributed by atoms with van der Waals surface area (Å²) in [5, 5.41) is 15.6. The predicted octanol–water partition coefficient (Wildman–Crippen LogP) is 5.55. The molecule has 1 N–H and O–H groups in total. The molecular formula is C18H15ClN4O2S. The molecule has 6 nitrogen and oxygen atoms in total. The summed E-state index contributed by atoms with van der Waals surface area (Å²) in [6.07, 6.45) is 1.32. The normalized spacial score (nSPS) is 10.6. The third-order valence-electron chi connectivity index (χ3n) is 3.86. The molecular weight excluding hydrogens is 372 g/mol. The van der Waals surface area contributed by atoms with Crippen molar-refractivity contribution in [3.8, 4) is 0 Å². The molecule has 0 unspecified atom stereocenters. The van der Waals surface area contributed by atoms with Gasteiger partial charge in [0.25, 0.3) is 0 Å². The monoisotopic (exact) mass is 386 g/mol. The van der Waals surface area contributed by atoms with Crippen molar-refractivity contribution in [3.63, 3.8) is 0 Å². The topological polar surface area (TPSA) is 81.0 Å². The molecule has 0 saturated heterocycles. The van der Waals surface area contributed by atoms with Gasteiger partial charge in [0.05, 0.1) is 4.92 Å². The van der Waals surface area contributed by atoms with Gasteiger partial charge in [-0.1, -0.05) is 35.5 Å². The fourth-order valence-electron chi connectivity index (χ4n) is 2.32. The van der Waals surface area contributed by atoms with Crippen molar-refractivity contribution < 1.29 is 4.92 Å². The lowest BCUT2D eigenvalue weighted by Crippen LogP contribution is -2.04. The van der Waals surface area contributed by atoms with Gasteiger partial charge < -0.3 is 5.32 Å². The van der Waals surface area contributed by atoms with Crippen molar-refractivity contribution in [3.05, 3.63) is 75.1 Å².